The fourth-order valence-corrected chi connectivity index (χ4v) is 2.25. The number of nitrogens with one attached hydrogen (secondary N) is 1. The molecule has 0 aromatic heterocycles. The van der Waals surface area contributed by atoms with Gasteiger partial charge in [-0.2, -0.15) is 0 Å². The summed E-state index contributed by atoms with van der Waals surface area (Å²) in [6, 6.07) is 5.79. The summed E-state index contributed by atoms with van der Waals surface area (Å²) in [7, 11) is 1.30. The SMILES string of the molecule is COC(=O)[C@H](Cc1ccc(O)cc1)NC(=O)CCCCCCN. The summed E-state index contributed by atoms with van der Waals surface area (Å²) in [6.45, 7) is 0.670. The van der Waals surface area contributed by atoms with Crippen molar-refractivity contribution in [3.05, 3.63) is 29.8 Å². The third kappa shape index (κ3) is 7.65. The molecule has 0 aliphatic carbocycles. The van der Waals surface area contributed by atoms with Crippen molar-refractivity contribution in [2.24, 2.45) is 5.73 Å². The lowest BCUT2D eigenvalue weighted by Gasteiger charge is -2.16. The smallest absolute Gasteiger partial charge is 0.328 e. The van der Waals surface area contributed by atoms with Gasteiger partial charge >= 0.3 is 5.97 Å². The first kappa shape index (κ1) is 19.0. The van der Waals surface area contributed by atoms with Crippen molar-refractivity contribution in [1.29, 1.82) is 0 Å². The van der Waals surface area contributed by atoms with Crippen molar-refractivity contribution in [1.82, 2.24) is 5.32 Å². The van der Waals surface area contributed by atoms with Crippen LogP contribution in [0.4, 0.5) is 0 Å². The molecule has 0 bridgehead atoms. The van der Waals surface area contributed by atoms with E-state index in [0.717, 1.165) is 31.2 Å². The van der Waals surface area contributed by atoms with E-state index in [2.05, 4.69) is 5.32 Å². The zero-order valence-corrected chi connectivity index (χ0v) is 13.6. The molecule has 0 aliphatic rings. The fraction of sp³-hybridized carbons (Fsp3) is 0.529. The van der Waals surface area contributed by atoms with E-state index in [4.69, 9.17) is 10.5 Å². The van der Waals surface area contributed by atoms with Crippen LogP contribution in [0.3, 0.4) is 0 Å². The molecule has 1 aromatic carbocycles. The van der Waals surface area contributed by atoms with Crippen LogP contribution in [0.1, 0.15) is 37.7 Å². The molecule has 0 spiro atoms. The molecule has 6 heteroatoms. The average Bonchev–Trinajstić information content (AvgIpc) is 2.55. The molecule has 0 fully saturated rings. The number of hydrogen-bond donors (Lipinski definition) is 3. The summed E-state index contributed by atoms with van der Waals surface area (Å²) in [5.74, 6) is -0.480. The summed E-state index contributed by atoms with van der Waals surface area (Å²) in [4.78, 5) is 23.8. The van der Waals surface area contributed by atoms with Crippen LogP contribution in [0.15, 0.2) is 24.3 Å². The van der Waals surface area contributed by atoms with Crippen LogP contribution in [0.25, 0.3) is 0 Å². The van der Waals surface area contributed by atoms with Crippen molar-refractivity contribution in [2.75, 3.05) is 13.7 Å². The van der Waals surface area contributed by atoms with E-state index in [1.807, 2.05) is 0 Å². The summed E-state index contributed by atoms with van der Waals surface area (Å²) in [5, 5.41) is 12.0. The van der Waals surface area contributed by atoms with E-state index < -0.39 is 12.0 Å². The minimum absolute atomic E-state index is 0.157. The van der Waals surface area contributed by atoms with Gasteiger partial charge in [-0.25, -0.2) is 4.79 Å². The maximum atomic E-state index is 12.0. The van der Waals surface area contributed by atoms with Crippen molar-refractivity contribution in [3.63, 3.8) is 0 Å². The number of hydrogen-bond acceptors (Lipinski definition) is 5. The summed E-state index contributed by atoms with van der Waals surface area (Å²) < 4.78 is 4.75. The van der Waals surface area contributed by atoms with E-state index in [9.17, 15) is 14.7 Å². The van der Waals surface area contributed by atoms with Crippen molar-refractivity contribution >= 4 is 11.9 Å². The third-order valence-corrected chi connectivity index (χ3v) is 3.56. The van der Waals surface area contributed by atoms with Crippen LogP contribution in [0.2, 0.25) is 0 Å². The first-order valence-corrected chi connectivity index (χ1v) is 7.92. The van der Waals surface area contributed by atoms with E-state index in [1.165, 1.54) is 7.11 Å². The Balaban J connectivity index is 2.49. The Kier molecular flexibility index (Phi) is 8.75. The maximum Gasteiger partial charge on any atom is 0.328 e. The van der Waals surface area contributed by atoms with Gasteiger partial charge in [-0.3, -0.25) is 4.79 Å². The second-order valence-corrected chi connectivity index (χ2v) is 5.47. The number of phenols is 1. The van der Waals surface area contributed by atoms with Crippen molar-refractivity contribution in [3.8, 4) is 5.75 Å². The molecule has 0 radical (unpaired) electrons. The van der Waals surface area contributed by atoms with Gasteiger partial charge in [0, 0.05) is 12.8 Å². The molecular weight excluding hydrogens is 296 g/mol. The monoisotopic (exact) mass is 322 g/mol. The molecule has 1 rings (SSSR count). The average molecular weight is 322 g/mol. The lowest BCUT2D eigenvalue weighted by atomic mass is 10.1. The van der Waals surface area contributed by atoms with E-state index >= 15 is 0 Å². The number of nitrogens with two attached hydrogens (primary N) is 1. The quantitative estimate of drug-likeness (QED) is 0.447. The molecule has 0 saturated carbocycles. The molecule has 128 valence electrons. The topological polar surface area (TPSA) is 102 Å². The Morgan fingerprint density at radius 1 is 1.17 bits per heavy atom. The predicted molar refractivity (Wildman–Crippen MR) is 87.9 cm³/mol. The number of aromatic hydroxyl groups is 1. The van der Waals surface area contributed by atoms with Crippen molar-refractivity contribution in [2.45, 2.75) is 44.6 Å². The van der Waals surface area contributed by atoms with Gasteiger partial charge in [0.1, 0.15) is 11.8 Å². The highest BCUT2D eigenvalue weighted by molar-refractivity contribution is 5.84. The lowest BCUT2D eigenvalue weighted by molar-refractivity contribution is -0.145. The number of phenolic OH excluding ortho intramolecular Hbond substituents is 1. The van der Waals surface area contributed by atoms with Crippen molar-refractivity contribution < 1.29 is 19.4 Å². The Bertz CT molecular complexity index is 488. The number of rotatable bonds is 10. The lowest BCUT2D eigenvalue weighted by Crippen LogP contribution is -2.43. The first-order chi connectivity index (χ1) is 11.1. The van der Waals surface area contributed by atoms with E-state index in [1.54, 1.807) is 24.3 Å². The molecule has 0 aliphatic heterocycles. The van der Waals surface area contributed by atoms with Gasteiger partial charge in [0.15, 0.2) is 0 Å². The molecule has 23 heavy (non-hydrogen) atoms. The molecule has 1 amide bonds. The Morgan fingerprint density at radius 3 is 2.43 bits per heavy atom. The third-order valence-electron chi connectivity index (χ3n) is 3.56. The molecule has 6 nitrogen and oxygen atoms in total. The highest BCUT2D eigenvalue weighted by Gasteiger charge is 2.21. The highest BCUT2D eigenvalue weighted by atomic mass is 16.5. The van der Waals surface area contributed by atoms with Crippen LogP contribution in [0, 0.1) is 0 Å². The summed E-state index contributed by atoms with van der Waals surface area (Å²) in [5.41, 5.74) is 6.26. The zero-order chi connectivity index (χ0) is 17.1. The second-order valence-electron chi connectivity index (χ2n) is 5.47. The number of unbranched alkanes of at least 4 members (excludes halogenated alkanes) is 3. The van der Waals surface area contributed by atoms with Gasteiger partial charge < -0.3 is 20.9 Å². The molecule has 4 N–H and O–H groups in total. The number of carbonyl (C=O) groups is 2. The normalized spacial score (nSPS) is 11.7. The number of carbonyl (C=O) groups excluding carboxylic acids is 2. The number of ether oxygens (including phenoxy) is 1. The molecule has 1 aromatic rings. The van der Waals surface area contributed by atoms with Gasteiger partial charge in [-0.15, -0.1) is 0 Å². The Labute approximate surface area is 137 Å². The molecule has 0 saturated heterocycles. The molecule has 0 heterocycles. The molecule has 1 atom stereocenters. The minimum atomic E-state index is -0.721. The number of amides is 1. The van der Waals surface area contributed by atoms with E-state index in [-0.39, 0.29) is 11.7 Å². The van der Waals surface area contributed by atoms with Crippen LogP contribution < -0.4 is 11.1 Å². The standard InChI is InChI=1S/C17H26N2O4/c1-23-17(22)15(12-13-7-9-14(20)10-8-13)19-16(21)6-4-2-3-5-11-18/h7-10,15,20H,2-6,11-12,18H2,1H3,(H,19,21)/t15-/m0/s1. The molecule has 0 unspecified atom stereocenters. The summed E-state index contributed by atoms with van der Waals surface area (Å²) in [6.07, 6.45) is 4.41. The maximum absolute atomic E-state index is 12.0. The largest absolute Gasteiger partial charge is 0.508 e. The van der Waals surface area contributed by atoms with Gasteiger partial charge in [0.2, 0.25) is 5.91 Å². The van der Waals surface area contributed by atoms with E-state index in [0.29, 0.717) is 19.4 Å². The number of methoxy groups -OCH3 is 1. The van der Waals surface area contributed by atoms with Gasteiger partial charge in [-0.1, -0.05) is 25.0 Å². The van der Waals surface area contributed by atoms with Crippen LogP contribution in [-0.2, 0) is 20.7 Å². The Hall–Kier alpha value is -2.08. The van der Waals surface area contributed by atoms with Gasteiger partial charge in [-0.05, 0) is 37.1 Å². The predicted octanol–water partition coefficient (Wildman–Crippen LogP) is 1.50. The van der Waals surface area contributed by atoms with Gasteiger partial charge in [0.05, 0.1) is 7.11 Å². The molecular formula is C17H26N2O4. The second kappa shape index (κ2) is 10.6. The van der Waals surface area contributed by atoms with Crippen LogP contribution in [0.5, 0.6) is 5.75 Å². The zero-order valence-electron chi connectivity index (χ0n) is 13.6. The summed E-state index contributed by atoms with van der Waals surface area (Å²) >= 11 is 0. The fourth-order valence-electron chi connectivity index (χ4n) is 2.25. The first-order valence-electron chi connectivity index (χ1n) is 7.92. The number of benzene rings is 1. The highest BCUT2D eigenvalue weighted by Crippen LogP contribution is 2.12. The van der Waals surface area contributed by atoms with Crippen LogP contribution >= 0.6 is 0 Å². The van der Waals surface area contributed by atoms with Crippen LogP contribution in [-0.4, -0.2) is 36.7 Å². The minimum Gasteiger partial charge on any atom is -0.508 e. The Morgan fingerprint density at radius 2 is 1.83 bits per heavy atom. The number of esters is 1. The van der Waals surface area contributed by atoms with Gasteiger partial charge in [0.25, 0.3) is 0 Å².